The predicted molar refractivity (Wildman–Crippen MR) is 57.1 cm³/mol. The molecule has 0 spiro atoms. The van der Waals surface area contributed by atoms with E-state index in [1.807, 2.05) is 12.1 Å². The topological polar surface area (TPSA) is 61.5 Å². The van der Waals surface area contributed by atoms with Crippen LogP contribution in [0.2, 0.25) is 0 Å². The number of carbonyl (C=O) groups excluding carboxylic acids is 1. The Kier molecular flexibility index (Phi) is 4.12. The van der Waals surface area contributed by atoms with Crippen LogP contribution in [0.25, 0.3) is 0 Å². The average Bonchev–Trinajstić information content (AvgIpc) is 2.26. The van der Waals surface area contributed by atoms with Crippen LogP contribution < -0.4 is 5.73 Å². The molecule has 0 saturated carbocycles. The van der Waals surface area contributed by atoms with Crippen LogP contribution in [0.3, 0.4) is 0 Å². The maximum atomic E-state index is 11.0. The molecule has 15 heavy (non-hydrogen) atoms. The molecule has 0 aromatic heterocycles. The molecule has 0 amide bonds. The van der Waals surface area contributed by atoms with Crippen molar-refractivity contribution in [3.8, 4) is 0 Å². The lowest BCUT2D eigenvalue weighted by molar-refractivity contribution is -0.153. The second-order valence-corrected chi connectivity index (χ2v) is 3.22. The number of anilines is 1. The lowest BCUT2D eigenvalue weighted by atomic mass is 10.2. The first kappa shape index (κ1) is 11.5. The van der Waals surface area contributed by atoms with E-state index in [1.165, 1.54) is 7.11 Å². The molecule has 0 heterocycles. The number of methoxy groups -OCH3 is 1. The molecule has 0 aliphatic rings. The number of hydrogen-bond donors (Lipinski definition) is 1. The van der Waals surface area contributed by atoms with Crippen molar-refractivity contribution >= 4 is 11.7 Å². The van der Waals surface area contributed by atoms with Gasteiger partial charge in [-0.15, -0.1) is 0 Å². The molecular weight excluding hydrogens is 194 g/mol. The van der Waals surface area contributed by atoms with Crippen molar-refractivity contribution in [2.75, 3.05) is 12.8 Å². The van der Waals surface area contributed by atoms with Crippen LogP contribution in [0.15, 0.2) is 24.3 Å². The van der Waals surface area contributed by atoms with E-state index in [-0.39, 0.29) is 5.97 Å². The van der Waals surface area contributed by atoms with Crippen LogP contribution in [0.5, 0.6) is 0 Å². The van der Waals surface area contributed by atoms with Crippen molar-refractivity contribution < 1.29 is 14.3 Å². The molecule has 1 aromatic rings. The Morgan fingerprint density at radius 3 is 2.53 bits per heavy atom. The van der Waals surface area contributed by atoms with Gasteiger partial charge in [0.25, 0.3) is 0 Å². The van der Waals surface area contributed by atoms with Gasteiger partial charge in [0.1, 0.15) is 0 Å². The first-order valence-electron chi connectivity index (χ1n) is 4.67. The molecule has 1 unspecified atom stereocenters. The van der Waals surface area contributed by atoms with E-state index in [4.69, 9.17) is 10.5 Å². The molecule has 2 N–H and O–H groups in total. The largest absolute Gasteiger partial charge is 0.467 e. The monoisotopic (exact) mass is 209 g/mol. The summed E-state index contributed by atoms with van der Waals surface area (Å²) in [5.41, 5.74) is 7.22. The lowest BCUT2D eigenvalue weighted by Gasteiger charge is -2.10. The highest BCUT2D eigenvalue weighted by Gasteiger charge is 2.12. The minimum Gasteiger partial charge on any atom is -0.467 e. The third-order valence-corrected chi connectivity index (χ3v) is 2.01. The molecule has 0 bridgehead atoms. The number of ether oxygens (including phenoxy) is 2. The van der Waals surface area contributed by atoms with E-state index in [1.54, 1.807) is 19.1 Å². The normalized spacial score (nSPS) is 12.1. The van der Waals surface area contributed by atoms with E-state index in [0.29, 0.717) is 12.3 Å². The van der Waals surface area contributed by atoms with Crippen molar-refractivity contribution in [3.05, 3.63) is 29.8 Å². The van der Waals surface area contributed by atoms with Gasteiger partial charge in [0.05, 0.1) is 13.7 Å². The zero-order chi connectivity index (χ0) is 11.3. The van der Waals surface area contributed by atoms with Crippen molar-refractivity contribution in [1.82, 2.24) is 0 Å². The number of nitrogen functional groups attached to an aromatic ring is 1. The van der Waals surface area contributed by atoms with Gasteiger partial charge in [-0.3, -0.25) is 0 Å². The highest BCUT2D eigenvalue weighted by Crippen LogP contribution is 2.08. The molecule has 1 aromatic carbocycles. The third-order valence-electron chi connectivity index (χ3n) is 2.01. The van der Waals surface area contributed by atoms with Gasteiger partial charge in [0.2, 0.25) is 0 Å². The molecule has 0 saturated heterocycles. The number of nitrogens with two attached hydrogens (primary N) is 1. The zero-order valence-electron chi connectivity index (χ0n) is 8.90. The predicted octanol–water partition coefficient (Wildman–Crippen LogP) is 1.35. The summed E-state index contributed by atoms with van der Waals surface area (Å²) in [4.78, 5) is 11.0. The number of rotatable bonds is 4. The highest BCUT2D eigenvalue weighted by molar-refractivity contribution is 5.73. The maximum Gasteiger partial charge on any atom is 0.334 e. The summed E-state index contributed by atoms with van der Waals surface area (Å²) in [5, 5.41) is 0. The Hall–Kier alpha value is -1.55. The van der Waals surface area contributed by atoms with Gasteiger partial charge in [0, 0.05) is 5.69 Å². The summed E-state index contributed by atoms with van der Waals surface area (Å²) in [7, 11) is 1.34. The lowest BCUT2D eigenvalue weighted by Crippen LogP contribution is -2.21. The minimum atomic E-state index is -0.549. The number of esters is 1. The standard InChI is InChI=1S/C11H15NO3/c1-8(11(13)14-2)15-7-9-3-5-10(12)6-4-9/h3-6,8H,7,12H2,1-2H3. The first-order chi connectivity index (χ1) is 7.13. The summed E-state index contributed by atoms with van der Waals surface area (Å²) in [5.74, 6) is -0.370. The van der Waals surface area contributed by atoms with Gasteiger partial charge in [0.15, 0.2) is 6.10 Å². The summed E-state index contributed by atoms with van der Waals surface area (Å²) in [6.45, 7) is 2.03. The van der Waals surface area contributed by atoms with Crippen molar-refractivity contribution in [1.29, 1.82) is 0 Å². The van der Waals surface area contributed by atoms with E-state index >= 15 is 0 Å². The van der Waals surface area contributed by atoms with Gasteiger partial charge in [-0.2, -0.15) is 0 Å². The molecule has 0 aliphatic heterocycles. The fourth-order valence-corrected chi connectivity index (χ4v) is 1.07. The third kappa shape index (κ3) is 3.59. The number of benzene rings is 1. The van der Waals surface area contributed by atoms with Crippen LogP contribution >= 0.6 is 0 Å². The van der Waals surface area contributed by atoms with Crippen LogP contribution in [0.4, 0.5) is 5.69 Å². The van der Waals surface area contributed by atoms with Crippen molar-refractivity contribution in [2.45, 2.75) is 19.6 Å². The SMILES string of the molecule is COC(=O)C(C)OCc1ccc(N)cc1. The van der Waals surface area contributed by atoms with Crippen LogP contribution in [-0.4, -0.2) is 19.2 Å². The summed E-state index contributed by atoms with van der Waals surface area (Å²) in [6, 6.07) is 7.31. The van der Waals surface area contributed by atoms with Gasteiger partial charge in [-0.25, -0.2) is 4.79 Å². The van der Waals surface area contributed by atoms with E-state index in [0.717, 1.165) is 5.56 Å². The van der Waals surface area contributed by atoms with Crippen LogP contribution in [0, 0.1) is 0 Å². The highest BCUT2D eigenvalue weighted by atomic mass is 16.6. The molecule has 82 valence electrons. The summed E-state index contributed by atoms with van der Waals surface area (Å²) in [6.07, 6.45) is -0.549. The fourth-order valence-electron chi connectivity index (χ4n) is 1.07. The van der Waals surface area contributed by atoms with E-state index in [9.17, 15) is 4.79 Å². The summed E-state index contributed by atoms with van der Waals surface area (Å²) < 4.78 is 9.84. The molecule has 1 rings (SSSR count). The van der Waals surface area contributed by atoms with E-state index < -0.39 is 6.10 Å². The average molecular weight is 209 g/mol. The quantitative estimate of drug-likeness (QED) is 0.600. The van der Waals surface area contributed by atoms with Crippen molar-refractivity contribution in [3.63, 3.8) is 0 Å². The minimum absolute atomic E-state index is 0.370. The van der Waals surface area contributed by atoms with E-state index in [2.05, 4.69) is 4.74 Å². The Labute approximate surface area is 89.0 Å². The zero-order valence-corrected chi connectivity index (χ0v) is 8.90. The Morgan fingerprint density at radius 2 is 2.00 bits per heavy atom. The fraction of sp³-hybridized carbons (Fsp3) is 0.364. The second-order valence-electron chi connectivity index (χ2n) is 3.22. The summed E-state index contributed by atoms with van der Waals surface area (Å²) >= 11 is 0. The molecule has 4 heteroatoms. The Bertz CT molecular complexity index is 321. The van der Waals surface area contributed by atoms with Gasteiger partial charge < -0.3 is 15.2 Å². The maximum absolute atomic E-state index is 11.0. The first-order valence-corrected chi connectivity index (χ1v) is 4.67. The smallest absolute Gasteiger partial charge is 0.334 e. The van der Waals surface area contributed by atoms with Gasteiger partial charge in [-0.1, -0.05) is 12.1 Å². The number of hydrogen-bond acceptors (Lipinski definition) is 4. The second kappa shape index (κ2) is 5.36. The van der Waals surface area contributed by atoms with Crippen LogP contribution in [0.1, 0.15) is 12.5 Å². The van der Waals surface area contributed by atoms with Crippen LogP contribution in [-0.2, 0) is 20.9 Å². The van der Waals surface area contributed by atoms with Gasteiger partial charge >= 0.3 is 5.97 Å². The van der Waals surface area contributed by atoms with Crippen molar-refractivity contribution in [2.24, 2.45) is 0 Å². The molecule has 0 radical (unpaired) electrons. The molecule has 1 atom stereocenters. The molecular formula is C11H15NO3. The molecule has 0 aliphatic carbocycles. The van der Waals surface area contributed by atoms with Gasteiger partial charge in [-0.05, 0) is 24.6 Å². The Balaban J connectivity index is 2.43. The number of carbonyl (C=O) groups is 1. The Morgan fingerprint density at radius 1 is 1.40 bits per heavy atom. The molecule has 4 nitrogen and oxygen atoms in total. The molecule has 0 fully saturated rings.